The summed E-state index contributed by atoms with van der Waals surface area (Å²) in [6.45, 7) is 2.11. The number of carbonyl (C=O) groups excluding carboxylic acids is 1. The summed E-state index contributed by atoms with van der Waals surface area (Å²) in [6, 6.07) is 7.52. The predicted octanol–water partition coefficient (Wildman–Crippen LogP) is 3.52. The van der Waals surface area contributed by atoms with Crippen molar-refractivity contribution in [2.24, 2.45) is 5.92 Å². The number of hydrogen-bond donors (Lipinski definition) is 0. The van der Waals surface area contributed by atoms with Gasteiger partial charge in [-0.3, -0.25) is 9.78 Å². The number of halogens is 1. The van der Waals surface area contributed by atoms with Crippen LogP contribution >= 0.6 is 11.6 Å². The van der Waals surface area contributed by atoms with Crippen molar-refractivity contribution in [1.82, 2.24) is 9.88 Å². The summed E-state index contributed by atoms with van der Waals surface area (Å²) in [5, 5.41) is 1.45. The lowest BCUT2D eigenvalue weighted by Gasteiger charge is -2.24. The number of ether oxygens (including phenoxy) is 1. The van der Waals surface area contributed by atoms with Gasteiger partial charge in [0.1, 0.15) is 11.3 Å². The van der Waals surface area contributed by atoms with Crippen LogP contribution in [0.15, 0.2) is 30.5 Å². The summed E-state index contributed by atoms with van der Waals surface area (Å²) < 4.78 is 5.70. The molecule has 1 unspecified atom stereocenters. The zero-order valence-corrected chi connectivity index (χ0v) is 13.5. The van der Waals surface area contributed by atoms with Crippen molar-refractivity contribution in [3.63, 3.8) is 0 Å². The Morgan fingerprint density at radius 2 is 2.23 bits per heavy atom. The molecule has 0 radical (unpaired) electrons. The number of hydrogen-bond acceptors (Lipinski definition) is 3. The van der Waals surface area contributed by atoms with Gasteiger partial charge in [0.15, 0.2) is 6.61 Å². The fourth-order valence-electron chi connectivity index (χ4n) is 2.59. The van der Waals surface area contributed by atoms with E-state index < -0.39 is 0 Å². The Labute approximate surface area is 135 Å². The number of amides is 1. The van der Waals surface area contributed by atoms with Gasteiger partial charge in [-0.25, -0.2) is 0 Å². The molecule has 1 saturated carbocycles. The van der Waals surface area contributed by atoms with Crippen LogP contribution in [-0.2, 0) is 4.79 Å². The number of fused-ring (bicyclic) bond motifs is 1. The van der Waals surface area contributed by atoms with E-state index in [1.807, 2.05) is 19.2 Å². The molecule has 116 valence electrons. The lowest BCUT2D eigenvalue weighted by Crippen LogP contribution is -2.39. The number of rotatable bonds is 5. The molecule has 5 heteroatoms. The van der Waals surface area contributed by atoms with Crippen LogP contribution in [0.1, 0.15) is 19.8 Å². The number of pyridine rings is 1. The Bertz CT molecular complexity index is 700. The Balaban J connectivity index is 1.71. The second-order valence-corrected chi connectivity index (χ2v) is 6.22. The predicted molar refractivity (Wildman–Crippen MR) is 87.2 cm³/mol. The molecule has 0 bridgehead atoms. The van der Waals surface area contributed by atoms with Crippen molar-refractivity contribution >= 4 is 28.4 Å². The average Bonchev–Trinajstić information content (AvgIpc) is 3.38. The molecule has 0 saturated heterocycles. The molecule has 1 atom stereocenters. The van der Waals surface area contributed by atoms with E-state index in [1.54, 1.807) is 23.2 Å². The maximum Gasteiger partial charge on any atom is 0.260 e. The number of nitrogens with zero attached hydrogens (tertiary/aromatic N) is 2. The van der Waals surface area contributed by atoms with Gasteiger partial charge in [0, 0.05) is 24.7 Å². The number of carbonyl (C=O) groups is 1. The molecular formula is C17H19ClN2O2. The van der Waals surface area contributed by atoms with Gasteiger partial charge < -0.3 is 9.64 Å². The third-order valence-corrected chi connectivity index (χ3v) is 4.67. The molecule has 4 nitrogen and oxygen atoms in total. The van der Waals surface area contributed by atoms with Crippen LogP contribution < -0.4 is 4.74 Å². The van der Waals surface area contributed by atoms with E-state index in [-0.39, 0.29) is 18.6 Å². The van der Waals surface area contributed by atoms with Crippen LogP contribution in [0.25, 0.3) is 10.9 Å². The van der Waals surface area contributed by atoms with Crippen molar-refractivity contribution < 1.29 is 9.53 Å². The minimum atomic E-state index is -0.0153. The molecular weight excluding hydrogens is 300 g/mol. The number of benzene rings is 1. The molecule has 1 fully saturated rings. The smallest absolute Gasteiger partial charge is 0.260 e. The minimum absolute atomic E-state index is 0.0147. The number of likely N-dealkylation sites (N-methyl/N-ethyl adjacent to an activating group) is 1. The lowest BCUT2D eigenvalue weighted by atomic mass is 10.2. The third-order valence-electron chi connectivity index (χ3n) is 4.34. The van der Waals surface area contributed by atoms with E-state index in [0.29, 0.717) is 22.2 Å². The first-order valence-electron chi connectivity index (χ1n) is 7.49. The molecule has 0 N–H and O–H groups in total. The zero-order chi connectivity index (χ0) is 15.7. The highest BCUT2D eigenvalue weighted by molar-refractivity contribution is 6.35. The SMILES string of the molecule is CC(C1CC1)N(C)C(=O)COc1ccc(Cl)c2cccnc12. The highest BCUT2D eigenvalue weighted by Crippen LogP contribution is 2.35. The highest BCUT2D eigenvalue weighted by Gasteiger charge is 2.32. The summed E-state index contributed by atoms with van der Waals surface area (Å²) >= 11 is 6.15. The fraction of sp³-hybridized carbons (Fsp3) is 0.412. The summed E-state index contributed by atoms with van der Waals surface area (Å²) in [7, 11) is 1.84. The summed E-state index contributed by atoms with van der Waals surface area (Å²) in [5.74, 6) is 1.21. The van der Waals surface area contributed by atoms with Crippen molar-refractivity contribution in [3.05, 3.63) is 35.5 Å². The minimum Gasteiger partial charge on any atom is -0.481 e. The van der Waals surface area contributed by atoms with Gasteiger partial charge >= 0.3 is 0 Å². The Morgan fingerprint density at radius 1 is 1.45 bits per heavy atom. The topological polar surface area (TPSA) is 42.4 Å². The molecule has 1 amide bonds. The fourth-order valence-corrected chi connectivity index (χ4v) is 2.81. The Hall–Kier alpha value is -1.81. The molecule has 1 aliphatic rings. The first-order chi connectivity index (χ1) is 10.6. The van der Waals surface area contributed by atoms with Gasteiger partial charge in [-0.15, -0.1) is 0 Å². The summed E-state index contributed by atoms with van der Waals surface area (Å²) in [5.41, 5.74) is 0.681. The van der Waals surface area contributed by atoms with Gasteiger partial charge in [-0.2, -0.15) is 0 Å². The van der Waals surface area contributed by atoms with E-state index >= 15 is 0 Å². The standard InChI is InChI=1S/C17H19ClN2O2/c1-11(12-5-6-12)20(2)16(21)10-22-15-8-7-14(18)13-4-3-9-19-17(13)15/h3-4,7-9,11-12H,5-6,10H2,1-2H3. The molecule has 1 aromatic carbocycles. The van der Waals surface area contributed by atoms with Crippen molar-refractivity contribution in [2.45, 2.75) is 25.8 Å². The quantitative estimate of drug-likeness (QED) is 0.847. The maximum atomic E-state index is 12.2. The number of aromatic nitrogens is 1. The van der Waals surface area contributed by atoms with E-state index in [2.05, 4.69) is 11.9 Å². The van der Waals surface area contributed by atoms with E-state index in [4.69, 9.17) is 16.3 Å². The summed E-state index contributed by atoms with van der Waals surface area (Å²) in [6.07, 6.45) is 4.12. The molecule has 1 aromatic heterocycles. The van der Waals surface area contributed by atoms with Gasteiger partial charge in [0.25, 0.3) is 5.91 Å². The van der Waals surface area contributed by atoms with Crippen molar-refractivity contribution in [2.75, 3.05) is 13.7 Å². The maximum absolute atomic E-state index is 12.2. The Morgan fingerprint density at radius 3 is 2.95 bits per heavy atom. The lowest BCUT2D eigenvalue weighted by molar-refractivity contribution is -0.134. The van der Waals surface area contributed by atoms with Gasteiger partial charge in [-0.05, 0) is 49.9 Å². The highest BCUT2D eigenvalue weighted by atomic mass is 35.5. The molecule has 1 heterocycles. The monoisotopic (exact) mass is 318 g/mol. The van der Waals surface area contributed by atoms with E-state index in [9.17, 15) is 4.79 Å². The average molecular weight is 319 g/mol. The van der Waals surface area contributed by atoms with Crippen LogP contribution in [0.4, 0.5) is 0 Å². The zero-order valence-electron chi connectivity index (χ0n) is 12.8. The molecule has 1 aliphatic carbocycles. The second-order valence-electron chi connectivity index (χ2n) is 5.82. The van der Waals surface area contributed by atoms with E-state index in [0.717, 1.165) is 5.39 Å². The van der Waals surface area contributed by atoms with Crippen LogP contribution in [0, 0.1) is 5.92 Å². The van der Waals surface area contributed by atoms with Gasteiger partial charge in [0.05, 0.1) is 5.02 Å². The molecule has 3 rings (SSSR count). The Kier molecular flexibility index (Phi) is 4.21. The van der Waals surface area contributed by atoms with Crippen LogP contribution in [-0.4, -0.2) is 35.5 Å². The second kappa shape index (κ2) is 6.13. The summed E-state index contributed by atoms with van der Waals surface area (Å²) in [4.78, 5) is 18.3. The molecule has 2 aromatic rings. The molecule has 0 aliphatic heterocycles. The third kappa shape index (κ3) is 3.02. The van der Waals surface area contributed by atoms with Crippen molar-refractivity contribution in [1.29, 1.82) is 0 Å². The van der Waals surface area contributed by atoms with E-state index in [1.165, 1.54) is 12.8 Å². The first-order valence-corrected chi connectivity index (χ1v) is 7.87. The molecule has 0 spiro atoms. The normalized spacial score (nSPS) is 15.6. The van der Waals surface area contributed by atoms with Crippen LogP contribution in [0.5, 0.6) is 5.75 Å². The largest absolute Gasteiger partial charge is 0.481 e. The van der Waals surface area contributed by atoms with Crippen molar-refractivity contribution in [3.8, 4) is 5.75 Å². The first kappa shape index (κ1) is 15.1. The van der Waals surface area contributed by atoms with Gasteiger partial charge in [-0.1, -0.05) is 11.6 Å². The van der Waals surface area contributed by atoms with Crippen LogP contribution in [0.3, 0.4) is 0 Å². The molecule has 22 heavy (non-hydrogen) atoms. The van der Waals surface area contributed by atoms with Crippen LogP contribution in [0.2, 0.25) is 5.02 Å². The van der Waals surface area contributed by atoms with Gasteiger partial charge in [0.2, 0.25) is 0 Å².